The smallest absolute Gasteiger partial charge is 0.313 e. The average molecular weight is 346 g/mol. The van der Waals surface area contributed by atoms with Gasteiger partial charge in [-0.15, -0.1) is 10.2 Å². The van der Waals surface area contributed by atoms with Crippen LogP contribution in [0.1, 0.15) is 19.9 Å². The maximum Gasteiger partial charge on any atom is 0.313 e. The Morgan fingerprint density at radius 2 is 1.90 bits per heavy atom. The van der Waals surface area contributed by atoms with Gasteiger partial charge in [0.05, 0.1) is 5.75 Å². The molecule has 0 radical (unpaired) electrons. The van der Waals surface area contributed by atoms with Gasteiger partial charge in [-0.05, 0) is 32.0 Å². The van der Waals surface area contributed by atoms with E-state index in [0.29, 0.717) is 21.0 Å². The lowest BCUT2D eigenvalue weighted by atomic mass is 10.2. The molecule has 8 heteroatoms. The lowest BCUT2D eigenvalue weighted by Crippen LogP contribution is -2.07. The molecule has 5 nitrogen and oxygen atoms in total. The summed E-state index contributed by atoms with van der Waals surface area (Å²) in [6.45, 7) is 3.95. The summed E-state index contributed by atoms with van der Waals surface area (Å²) in [7, 11) is 0. The second kappa shape index (κ2) is 6.68. The average Bonchev–Trinajstić information content (AvgIpc) is 2.78. The lowest BCUT2D eigenvalue weighted by Gasteiger charge is -2.13. The van der Waals surface area contributed by atoms with Crippen molar-refractivity contribution in [2.45, 2.75) is 25.0 Å². The Balaban J connectivity index is 2.46. The van der Waals surface area contributed by atoms with Gasteiger partial charge in [0.1, 0.15) is 0 Å². The van der Waals surface area contributed by atoms with Crippen LogP contribution in [0.4, 0.5) is 0 Å². The molecule has 0 amide bonds. The van der Waals surface area contributed by atoms with Crippen LogP contribution in [0.5, 0.6) is 0 Å². The molecule has 1 aromatic carbocycles. The number of nitrogens with zero attached hydrogens (tertiary/aromatic N) is 3. The fourth-order valence-corrected chi connectivity index (χ4v) is 3.16. The molecule has 0 atom stereocenters. The van der Waals surface area contributed by atoms with Crippen molar-refractivity contribution in [3.05, 3.63) is 28.2 Å². The van der Waals surface area contributed by atoms with Crippen LogP contribution in [0.25, 0.3) is 11.4 Å². The molecule has 0 bridgehead atoms. The molecular formula is C13H13Cl2N3O2S. The van der Waals surface area contributed by atoms with Crippen molar-refractivity contribution in [1.82, 2.24) is 14.8 Å². The first kappa shape index (κ1) is 16.1. The zero-order chi connectivity index (χ0) is 15.6. The Bertz CT molecular complexity index is 653. The van der Waals surface area contributed by atoms with Gasteiger partial charge in [-0.3, -0.25) is 9.36 Å². The number of benzene rings is 1. The Morgan fingerprint density at radius 3 is 2.43 bits per heavy atom. The fourth-order valence-electron chi connectivity index (χ4n) is 1.85. The van der Waals surface area contributed by atoms with E-state index in [1.807, 2.05) is 18.4 Å². The SMILES string of the molecule is CC(C)n1c(SCC(=O)O)nnc1-c1cc(Cl)cc(Cl)c1. The number of carbonyl (C=O) groups is 1. The van der Waals surface area contributed by atoms with Crippen molar-refractivity contribution in [3.63, 3.8) is 0 Å². The van der Waals surface area contributed by atoms with Crippen LogP contribution < -0.4 is 0 Å². The van der Waals surface area contributed by atoms with Crippen molar-refractivity contribution >= 4 is 40.9 Å². The van der Waals surface area contributed by atoms with E-state index in [2.05, 4.69) is 10.2 Å². The third-order valence-electron chi connectivity index (χ3n) is 2.63. The molecule has 1 heterocycles. The first-order valence-corrected chi connectivity index (χ1v) is 7.88. The molecule has 0 saturated heterocycles. The molecule has 0 saturated carbocycles. The molecule has 0 unspecified atom stereocenters. The highest BCUT2D eigenvalue weighted by Gasteiger charge is 2.18. The molecule has 0 spiro atoms. The zero-order valence-corrected chi connectivity index (χ0v) is 13.7. The number of carboxylic acids is 1. The van der Waals surface area contributed by atoms with E-state index in [9.17, 15) is 4.79 Å². The standard InChI is InChI=1S/C13H13Cl2N3O2S/c1-7(2)18-12(8-3-9(14)5-10(15)4-8)16-17-13(18)21-6-11(19)20/h3-5,7H,6H2,1-2H3,(H,19,20). The summed E-state index contributed by atoms with van der Waals surface area (Å²) in [6, 6.07) is 5.22. The molecular weight excluding hydrogens is 333 g/mol. The Hall–Kier alpha value is -1.24. The van der Waals surface area contributed by atoms with E-state index in [1.165, 1.54) is 0 Å². The summed E-state index contributed by atoms with van der Waals surface area (Å²) in [5.41, 5.74) is 0.746. The summed E-state index contributed by atoms with van der Waals surface area (Å²) in [5.74, 6) is -0.353. The van der Waals surface area contributed by atoms with E-state index < -0.39 is 5.97 Å². The number of hydrogen-bond acceptors (Lipinski definition) is 4. The van der Waals surface area contributed by atoms with Crippen molar-refractivity contribution in [2.24, 2.45) is 0 Å². The number of halogens is 2. The molecule has 0 fully saturated rings. The van der Waals surface area contributed by atoms with Gasteiger partial charge in [0.15, 0.2) is 11.0 Å². The van der Waals surface area contributed by atoms with Gasteiger partial charge in [0, 0.05) is 21.7 Å². The second-order valence-corrected chi connectivity index (χ2v) is 6.43. The van der Waals surface area contributed by atoms with Gasteiger partial charge in [0.2, 0.25) is 0 Å². The molecule has 0 aliphatic heterocycles. The zero-order valence-electron chi connectivity index (χ0n) is 11.4. The Kier molecular flexibility index (Phi) is 5.13. The summed E-state index contributed by atoms with van der Waals surface area (Å²) in [4.78, 5) is 10.7. The fraction of sp³-hybridized carbons (Fsp3) is 0.308. The number of carboxylic acid groups (broad SMARTS) is 1. The van der Waals surface area contributed by atoms with Crippen LogP contribution in [0, 0.1) is 0 Å². The monoisotopic (exact) mass is 345 g/mol. The lowest BCUT2D eigenvalue weighted by molar-refractivity contribution is -0.133. The largest absolute Gasteiger partial charge is 0.481 e. The normalized spacial score (nSPS) is 11.1. The quantitative estimate of drug-likeness (QED) is 0.829. The molecule has 21 heavy (non-hydrogen) atoms. The van der Waals surface area contributed by atoms with E-state index >= 15 is 0 Å². The molecule has 1 N–H and O–H groups in total. The summed E-state index contributed by atoms with van der Waals surface area (Å²) in [5, 5.41) is 18.6. The van der Waals surface area contributed by atoms with Gasteiger partial charge in [-0.1, -0.05) is 35.0 Å². The van der Waals surface area contributed by atoms with Crippen molar-refractivity contribution < 1.29 is 9.90 Å². The predicted molar refractivity (Wildman–Crippen MR) is 84.2 cm³/mol. The molecule has 0 aliphatic rings. The molecule has 2 aromatic rings. The number of aromatic nitrogens is 3. The van der Waals surface area contributed by atoms with E-state index in [1.54, 1.807) is 18.2 Å². The Morgan fingerprint density at radius 1 is 1.29 bits per heavy atom. The highest BCUT2D eigenvalue weighted by atomic mass is 35.5. The first-order chi connectivity index (χ1) is 9.88. The van der Waals surface area contributed by atoms with Gasteiger partial charge < -0.3 is 5.11 Å². The highest BCUT2D eigenvalue weighted by Crippen LogP contribution is 2.31. The van der Waals surface area contributed by atoms with Crippen LogP contribution in [-0.2, 0) is 4.79 Å². The van der Waals surface area contributed by atoms with Crippen LogP contribution in [0.15, 0.2) is 23.4 Å². The van der Waals surface area contributed by atoms with Crippen LogP contribution in [0.2, 0.25) is 10.0 Å². The summed E-state index contributed by atoms with van der Waals surface area (Å²) >= 11 is 13.2. The summed E-state index contributed by atoms with van der Waals surface area (Å²) < 4.78 is 1.87. The molecule has 0 aliphatic carbocycles. The number of rotatable bonds is 5. The topological polar surface area (TPSA) is 68.0 Å². The highest BCUT2D eigenvalue weighted by molar-refractivity contribution is 7.99. The number of aliphatic carboxylic acids is 1. The predicted octanol–water partition coefficient (Wildman–Crippen LogP) is 4.01. The maximum atomic E-state index is 10.7. The van der Waals surface area contributed by atoms with E-state index in [0.717, 1.165) is 17.3 Å². The number of thioether (sulfide) groups is 1. The van der Waals surface area contributed by atoms with Crippen molar-refractivity contribution in [3.8, 4) is 11.4 Å². The van der Waals surface area contributed by atoms with Crippen LogP contribution >= 0.6 is 35.0 Å². The van der Waals surface area contributed by atoms with Gasteiger partial charge in [0.25, 0.3) is 0 Å². The summed E-state index contributed by atoms with van der Waals surface area (Å²) in [6.07, 6.45) is 0. The molecule has 1 aromatic heterocycles. The van der Waals surface area contributed by atoms with Gasteiger partial charge >= 0.3 is 5.97 Å². The maximum absolute atomic E-state index is 10.7. The van der Waals surface area contributed by atoms with E-state index in [-0.39, 0.29) is 11.8 Å². The van der Waals surface area contributed by atoms with Crippen LogP contribution in [0.3, 0.4) is 0 Å². The minimum atomic E-state index is -0.898. The molecule has 2 rings (SSSR count). The van der Waals surface area contributed by atoms with Crippen LogP contribution in [-0.4, -0.2) is 31.6 Å². The minimum absolute atomic E-state index is 0.0683. The second-order valence-electron chi connectivity index (χ2n) is 4.61. The van der Waals surface area contributed by atoms with Gasteiger partial charge in [-0.25, -0.2) is 0 Å². The third-order valence-corrected chi connectivity index (χ3v) is 3.99. The van der Waals surface area contributed by atoms with E-state index in [4.69, 9.17) is 28.3 Å². The van der Waals surface area contributed by atoms with Crippen molar-refractivity contribution in [1.29, 1.82) is 0 Å². The van der Waals surface area contributed by atoms with Gasteiger partial charge in [-0.2, -0.15) is 0 Å². The molecule has 112 valence electrons. The minimum Gasteiger partial charge on any atom is -0.481 e. The Labute approximate surface area is 136 Å². The first-order valence-electron chi connectivity index (χ1n) is 6.14. The third kappa shape index (κ3) is 3.90. The number of hydrogen-bond donors (Lipinski definition) is 1. The van der Waals surface area contributed by atoms with Crippen molar-refractivity contribution in [2.75, 3.05) is 5.75 Å².